The van der Waals surface area contributed by atoms with Gasteiger partial charge in [-0.1, -0.05) is 60.1 Å². The molecule has 0 fully saturated rings. The first kappa shape index (κ1) is 16.5. The van der Waals surface area contributed by atoms with Gasteiger partial charge in [0.1, 0.15) is 0 Å². The second-order valence-electron chi connectivity index (χ2n) is 4.81. The second kappa shape index (κ2) is 8.51. The summed E-state index contributed by atoms with van der Waals surface area (Å²) in [4.78, 5) is 11.8. The number of aryl methyl sites for hydroxylation is 1. The van der Waals surface area contributed by atoms with E-state index in [1.54, 1.807) is 0 Å². The fourth-order valence-corrected chi connectivity index (χ4v) is 2.34. The zero-order valence-corrected chi connectivity index (χ0v) is 13.6. The average Bonchev–Trinajstić information content (AvgIpc) is 2.53. The Bertz CT molecular complexity index is 646. The minimum absolute atomic E-state index is 0.0967. The first-order chi connectivity index (χ1) is 10.6. The van der Waals surface area contributed by atoms with E-state index in [1.165, 1.54) is 0 Å². The van der Waals surface area contributed by atoms with Crippen molar-refractivity contribution >= 4 is 34.8 Å². The van der Waals surface area contributed by atoms with Crippen molar-refractivity contribution in [2.24, 2.45) is 0 Å². The monoisotopic (exact) mass is 332 g/mol. The summed E-state index contributed by atoms with van der Waals surface area (Å²) in [7, 11) is 0. The first-order valence-electron chi connectivity index (χ1n) is 7.00. The minimum Gasteiger partial charge on any atom is -0.358 e. The fraction of sp³-hybridized carbons (Fsp3) is 0.176. The Hall–Kier alpha value is -1.91. The van der Waals surface area contributed by atoms with Crippen molar-refractivity contribution in [1.29, 1.82) is 0 Å². The van der Waals surface area contributed by atoms with Gasteiger partial charge in [-0.2, -0.15) is 0 Å². The van der Waals surface area contributed by atoms with Crippen LogP contribution >= 0.6 is 23.8 Å². The molecule has 114 valence electrons. The van der Waals surface area contributed by atoms with Gasteiger partial charge in [0, 0.05) is 18.0 Å². The molecule has 0 heterocycles. The molecule has 0 radical (unpaired) electrons. The lowest BCUT2D eigenvalue weighted by atomic mass is 10.1. The minimum atomic E-state index is -0.0967. The molecule has 2 rings (SSSR count). The Morgan fingerprint density at radius 1 is 1.05 bits per heavy atom. The Labute approximate surface area is 140 Å². The number of hydrogen-bond donors (Lipinski definition) is 2. The van der Waals surface area contributed by atoms with Crippen LogP contribution in [0.15, 0.2) is 54.6 Å². The molecule has 0 aliphatic heterocycles. The van der Waals surface area contributed by atoms with E-state index in [9.17, 15) is 4.79 Å². The smallest absolute Gasteiger partial charge is 0.226 e. The number of carbonyl (C=O) groups excluding carboxylic acids is 1. The lowest BCUT2D eigenvalue weighted by Gasteiger charge is -2.10. The Morgan fingerprint density at radius 3 is 2.45 bits per heavy atom. The number of amides is 1. The SMILES string of the molecule is O=C(CCc1ccccc1)NC(=S)NCc1ccccc1Cl. The average molecular weight is 333 g/mol. The van der Waals surface area contributed by atoms with Crippen molar-refractivity contribution in [3.63, 3.8) is 0 Å². The molecule has 2 aromatic carbocycles. The van der Waals surface area contributed by atoms with Gasteiger partial charge in [-0.25, -0.2) is 0 Å². The molecule has 22 heavy (non-hydrogen) atoms. The number of nitrogens with one attached hydrogen (secondary N) is 2. The summed E-state index contributed by atoms with van der Waals surface area (Å²) in [5, 5.41) is 6.65. The van der Waals surface area contributed by atoms with Crippen molar-refractivity contribution in [2.75, 3.05) is 0 Å². The Morgan fingerprint density at radius 2 is 1.73 bits per heavy atom. The maximum absolute atomic E-state index is 11.8. The van der Waals surface area contributed by atoms with E-state index in [4.69, 9.17) is 23.8 Å². The highest BCUT2D eigenvalue weighted by molar-refractivity contribution is 7.80. The van der Waals surface area contributed by atoms with E-state index in [0.717, 1.165) is 11.1 Å². The molecule has 0 spiro atoms. The number of thiocarbonyl (C=S) groups is 1. The molecule has 0 saturated heterocycles. The van der Waals surface area contributed by atoms with Crippen LogP contribution in [0.25, 0.3) is 0 Å². The Balaban J connectivity index is 1.72. The number of benzene rings is 2. The summed E-state index contributed by atoms with van der Waals surface area (Å²) in [5.74, 6) is -0.0967. The molecular weight excluding hydrogens is 316 g/mol. The maximum atomic E-state index is 11.8. The summed E-state index contributed by atoms with van der Waals surface area (Å²) in [6.07, 6.45) is 1.09. The maximum Gasteiger partial charge on any atom is 0.226 e. The standard InChI is InChI=1S/C17H17ClN2OS/c18-15-9-5-4-8-14(15)12-19-17(22)20-16(21)11-10-13-6-2-1-3-7-13/h1-9H,10-12H2,(H2,19,20,21,22). The van der Waals surface area contributed by atoms with E-state index in [1.807, 2.05) is 54.6 Å². The van der Waals surface area contributed by atoms with Crippen LogP contribution in [0.5, 0.6) is 0 Å². The molecule has 0 atom stereocenters. The van der Waals surface area contributed by atoms with Crippen LogP contribution < -0.4 is 10.6 Å². The highest BCUT2D eigenvalue weighted by Crippen LogP contribution is 2.14. The zero-order chi connectivity index (χ0) is 15.8. The van der Waals surface area contributed by atoms with Gasteiger partial charge >= 0.3 is 0 Å². The molecule has 5 heteroatoms. The quantitative estimate of drug-likeness (QED) is 0.824. The number of rotatable bonds is 5. The first-order valence-corrected chi connectivity index (χ1v) is 7.79. The molecule has 0 saturated carbocycles. The van der Waals surface area contributed by atoms with E-state index >= 15 is 0 Å². The van der Waals surface area contributed by atoms with Gasteiger partial charge in [-0.05, 0) is 35.8 Å². The highest BCUT2D eigenvalue weighted by atomic mass is 35.5. The van der Waals surface area contributed by atoms with Gasteiger partial charge in [0.05, 0.1) is 0 Å². The molecule has 0 unspecified atom stereocenters. The van der Waals surface area contributed by atoms with Crippen LogP contribution in [0.4, 0.5) is 0 Å². The van der Waals surface area contributed by atoms with Crippen molar-refractivity contribution in [2.45, 2.75) is 19.4 Å². The van der Waals surface area contributed by atoms with Crippen LogP contribution in [0.2, 0.25) is 5.02 Å². The molecule has 0 aromatic heterocycles. The summed E-state index contributed by atoms with van der Waals surface area (Å²) in [6.45, 7) is 0.484. The van der Waals surface area contributed by atoms with Gasteiger partial charge in [0.25, 0.3) is 0 Å². The zero-order valence-electron chi connectivity index (χ0n) is 12.0. The largest absolute Gasteiger partial charge is 0.358 e. The van der Waals surface area contributed by atoms with Crippen LogP contribution in [0, 0.1) is 0 Å². The lowest BCUT2D eigenvalue weighted by Crippen LogP contribution is -2.38. The van der Waals surface area contributed by atoms with E-state index in [2.05, 4.69) is 10.6 Å². The number of carbonyl (C=O) groups is 1. The van der Waals surface area contributed by atoms with Crippen molar-refractivity contribution in [3.05, 3.63) is 70.7 Å². The summed E-state index contributed by atoms with van der Waals surface area (Å²) in [6, 6.07) is 17.4. The van der Waals surface area contributed by atoms with Gasteiger partial charge in [0.15, 0.2) is 5.11 Å². The molecule has 0 bridgehead atoms. The lowest BCUT2D eigenvalue weighted by molar-refractivity contribution is -0.119. The molecular formula is C17H17ClN2OS. The van der Waals surface area contributed by atoms with Crippen molar-refractivity contribution < 1.29 is 4.79 Å². The van der Waals surface area contributed by atoms with Crippen LogP contribution in [0.1, 0.15) is 17.5 Å². The number of hydrogen-bond acceptors (Lipinski definition) is 2. The van der Waals surface area contributed by atoms with Crippen molar-refractivity contribution in [3.8, 4) is 0 Å². The topological polar surface area (TPSA) is 41.1 Å². The molecule has 2 aromatic rings. The molecule has 3 nitrogen and oxygen atoms in total. The predicted molar refractivity (Wildman–Crippen MR) is 93.8 cm³/mol. The highest BCUT2D eigenvalue weighted by Gasteiger charge is 2.06. The van der Waals surface area contributed by atoms with Crippen LogP contribution in [0.3, 0.4) is 0 Å². The molecule has 1 amide bonds. The summed E-state index contributed by atoms with van der Waals surface area (Å²) >= 11 is 11.2. The third-order valence-electron chi connectivity index (χ3n) is 3.13. The number of halogens is 1. The molecule has 2 N–H and O–H groups in total. The van der Waals surface area contributed by atoms with E-state index < -0.39 is 0 Å². The molecule has 0 aliphatic rings. The summed E-state index contributed by atoms with van der Waals surface area (Å²) in [5.41, 5.74) is 2.07. The third kappa shape index (κ3) is 5.47. The van der Waals surface area contributed by atoms with Crippen LogP contribution in [-0.4, -0.2) is 11.0 Å². The normalized spacial score (nSPS) is 10.0. The van der Waals surface area contributed by atoms with Gasteiger partial charge in [0.2, 0.25) is 5.91 Å². The fourth-order valence-electron chi connectivity index (χ4n) is 1.95. The van der Waals surface area contributed by atoms with Crippen LogP contribution in [-0.2, 0) is 17.8 Å². The van der Waals surface area contributed by atoms with Crippen molar-refractivity contribution in [1.82, 2.24) is 10.6 Å². The van der Waals surface area contributed by atoms with E-state index in [-0.39, 0.29) is 5.91 Å². The third-order valence-corrected chi connectivity index (χ3v) is 3.75. The Kier molecular flexibility index (Phi) is 6.37. The summed E-state index contributed by atoms with van der Waals surface area (Å²) < 4.78 is 0. The van der Waals surface area contributed by atoms with Gasteiger partial charge in [-0.3, -0.25) is 4.79 Å². The predicted octanol–water partition coefficient (Wildman–Crippen LogP) is 3.46. The second-order valence-corrected chi connectivity index (χ2v) is 5.62. The van der Waals surface area contributed by atoms with E-state index in [0.29, 0.717) is 29.5 Å². The van der Waals surface area contributed by atoms with Gasteiger partial charge < -0.3 is 10.6 Å². The molecule has 0 aliphatic carbocycles. The van der Waals surface area contributed by atoms with Gasteiger partial charge in [-0.15, -0.1) is 0 Å².